The molecule has 148 valence electrons. The van der Waals surface area contributed by atoms with E-state index in [4.69, 9.17) is 34.8 Å². The van der Waals surface area contributed by atoms with Crippen LogP contribution in [-0.2, 0) is 12.7 Å². The number of nitrogens with zero attached hydrogens (tertiary/aromatic N) is 2. The van der Waals surface area contributed by atoms with E-state index in [0.717, 1.165) is 11.6 Å². The van der Waals surface area contributed by atoms with Gasteiger partial charge >= 0.3 is 6.18 Å². The summed E-state index contributed by atoms with van der Waals surface area (Å²) in [6.07, 6.45) is -4.52. The van der Waals surface area contributed by atoms with Crippen LogP contribution < -0.4 is 0 Å². The molecular formula is C21H12Cl3F3N2. The Morgan fingerprint density at radius 2 is 1.62 bits per heavy atom. The minimum atomic E-state index is -4.52. The van der Waals surface area contributed by atoms with Crippen molar-refractivity contribution < 1.29 is 13.2 Å². The van der Waals surface area contributed by atoms with E-state index in [1.807, 2.05) is 0 Å². The Kier molecular flexibility index (Phi) is 5.23. The second-order valence-electron chi connectivity index (χ2n) is 6.46. The molecular weight excluding hydrogens is 444 g/mol. The van der Waals surface area contributed by atoms with Crippen molar-refractivity contribution in [1.82, 2.24) is 9.78 Å². The first kappa shape index (κ1) is 20.1. The smallest absolute Gasteiger partial charge is 0.259 e. The van der Waals surface area contributed by atoms with Crippen LogP contribution in [0.4, 0.5) is 13.2 Å². The van der Waals surface area contributed by atoms with Crippen LogP contribution in [0.5, 0.6) is 0 Å². The van der Waals surface area contributed by atoms with Gasteiger partial charge in [0.05, 0.1) is 27.8 Å². The van der Waals surface area contributed by atoms with Crippen molar-refractivity contribution in [2.24, 2.45) is 0 Å². The molecule has 0 atom stereocenters. The van der Waals surface area contributed by atoms with Crippen LogP contribution in [0.1, 0.15) is 11.1 Å². The van der Waals surface area contributed by atoms with Crippen LogP contribution in [0, 0.1) is 0 Å². The van der Waals surface area contributed by atoms with Crippen LogP contribution >= 0.6 is 34.8 Å². The molecule has 1 aromatic heterocycles. The van der Waals surface area contributed by atoms with E-state index in [9.17, 15) is 13.2 Å². The quantitative estimate of drug-likeness (QED) is 0.309. The fourth-order valence-electron chi connectivity index (χ4n) is 3.25. The minimum Gasteiger partial charge on any atom is -0.259 e. The Labute approximate surface area is 179 Å². The number of alkyl halides is 3. The second kappa shape index (κ2) is 7.56. The lowest BCUT2D eigenvalue weighted by atomic mass is 10.0. The molecule has 0 radical (unpaired) electrons. The highest BCUT2D eigenvalue weighted by Gasteiger charge is 2.34. The summed E-state index contributed by atoms with van der Waals surface area (Å²) in [6, 6.07) is 16.0. The van der Waals surface area contributed by atoms with Crippen LogP contribution in [-0.4, -0.2) is 9.78 Å². The fraction of sp³-hybridized carbons (Fsp3) is 0.0952. The third kappa shape index (κ3) is 3.95. The van der Waals surface area contributed by atoms with Crippen LogP contribution in [0.15, 0.2) is 60.7 Å². The van der Waals surface area contributed by atoms with Gasteiger partial charge < -0.3 is 0 Å². The van der Waals surface area contributed by atoms with Crippen molar-refractivity contribution in [3.63, 3.8) is 0 Å². The minimum absolute atomic E-state index is 0.116. The molecule has 0 N–H and O–H groups in total. The SMILES string of the molecule is FC(F)(F)c1cccc2c(-c3cccc(Cl)c3)n(Cc3ccc(Cl)c(Cl)c3)nc12. The van der Waals surface area contributed by atoms with E-state index in [-0.39, 0.29) is 12.1 Å². The lowest BCUT2D eigenvalue weighted by Crippen LogP contribution is -2.06. The Morgan fingerprint density at radius 1 is 0.862 bits per heavy atom. The summed E-state index contributed by atoms with van der Waals surface area (Å²) >= 11 is 18.2. The zero-order valence-corrected chi connectivity index (χ0v) is 16.9. The Hall–Kier alpha value is -2.21. The molecule has 0 saturated carbocycles. The van der Waals surface area contributed by atoms with Crippen molar-refractivity contribution >= 4 is 45.7 Å². The average molecular weight is 456 g/mol. The zero-order chi connectivity index (χ0) is 20.8. The highest BCUT2D eigenvalue weighted by molar-refractivity contribution is 6.42. The van der Waals surface area contributed by atoms with Gasteiger partial charge in [0.1, 0.15) is 5.52 Å². The molecule has 0 amide bonds. The van der Waals surface area contributed by atoms with Crippen molar-refractivity contribution in [1.29, 1.82) is 0 Å². The molecule has 0 aliphatic heterocycles. The summed E-state index contributed by atoms with van der Waals surface area (Å²) in [7, 11) is 0. The lowest BCUT2D eigenvalue weighted by molar-refractivity contribution is -0.136. The maximum absolute atomic E-state index is 13.5. The van der Waals surface area contributed by atoms with E-state index >= 15 is 0 Å². The predicted octanol–water partition coefficient (Wildman–Crippen LogP) is 7.73. The lowest BCUT2D eigenvalue weighted by Gasteiger charge is -2.10. The molecule has 4 aromatic rings. The average Bonchev–Trinajstić information content (AvgIpc) is 3.01. The predicted molar refractivity (Wildman–Crippen MR) is 111 cm³/mol. The summed E-state index contributed by atoms with van der Waals surface area (Å²) in [4.78, 5) is 0. The number of fused-ring (bicyclic) bond motifs is 1. The van der Waals surface area contributed by atoms with Gasteiger partial charge in [-0.25, -0.2) is 0 Å². The first-order chi connectivity index (χ1) is 13.7. The Morgan fingerprint density at radius 3 is 2.31 bits per heavy atom. The Balaban J connectivity index is 1.96. The van der Waals surface area contributed by atoms with Gasteiger partial charge in [-0.05, 0) is 35.9 Å². The number of rotatable bonds is 3. The summed E-state index contributed by atoms with van der Waals surface area (Å²) in [6.45, 7) is 0.213. The number of hydrogen-bond donors (Lipinski definition) is 0. The molecule has 0 unspecified atom stereocenters. The van der Waals surface area contributed by atoms with E-state index in [0.29, 0.717) is 31.7 Å². The normalized spacial score (nSPS) is 11.9. The molecule has 0 fully saturated rings. The molecule has 0 saturated heterocycles. The first-order valence-electron chi connectivity index (χ1n) is 8.50. The van der Waals surface area contributed by atoms with Crippen LogP contribution in [0.3, 0.4) is 0 Å². The molecule has 1 heterocycles. The van der Waals surface area contributed by atoms with E-state index in [1.165, 1.54) is 10.7 Å². The van der Waals surface area contributed by atoms with Gasteiger partial charge in [-0.15, -0.1) is 0 Å². The molecule has 0 aliphatic carbocycles. The van der Waals surface area contributed by atoms with Gasteiger partial charge in [0.15, 0.2) is 0 Å². The number of halogens is 6. The molecule has 2 nitrogen and oxygen atoms in total. The molecule has 8 heteroatoms. The third-order valence-corrected chi connectivity index (χ3v) is 5.46. The van der Waals surface area contributed by atoms with Crippen LogP contribution in [0.2, 0.25) is 15.1 Å². The van der Waals surface area contributed by atoms with Crippen molar-refractivity contribution in [3.8, 4) is 11.3 Å². The van der Waals surface area contributed by atoms with E-state index in [1.54, 1.807) is 48.5 Å². The summed E-state index contributed by atoms with van der Waals surface area (Å²) in [5, 5.41) is 5.94. The molecule has 0 aliphatic rings. The first-order valence-corrected chi connectivity index (χ1v) is 9.64. The van der Waals surface area contributed by atoms with Crippen molar-refractivity contribution in [2.75, 3.05) is 0 Å². The highest BCUT2D eigenvalue weighted by atomic mass is 35.5. The molecule has 4 rings (SSSR count). The molecule has 3 aromatic carbocycles. The van der Waals surface area contributed by atoms with Gasteiger partial charge in [-0.3, -0.25) is 4.68 Å². The van der Waals surface area contributed by atoms with Crippen molar-refractivity contribution in [2.45, 2.75) is 12.7 Å². The van der Waals surface area contributed by atoms with Gasteiger partial charge in [0.25, 0.3) is 0 Å². The van der Waals surface area contributed by atoms with Crippen molar-refractivity contribution in [3.05, 3.63) is 86.9 Å². The maximum atomic E-state index is 13.5. The third-order valence-electron chi connectivity index (χ3n) is 4.49. The number of hydrogen-bond acceptors (Lipinski definition) is 1. The van der Waals surface area contributed by atoms with Gasteiger partial charge in [0, 0.05) is 16.0 Å². The number of aromatic nitrogens is 2. The largest absolute Gasteiger partial charge is 0.418 e. The monoisotopic (exact) mass is 454 g/mol. The zero-order valence-electron chi connectivity index (χ0n) is 14.6. The Bertz CT molecular complexity index is 1220. The summed E-state index contributed by atoms with van der Waals surface area (Å²) in [5.41, 5.74) is 1.06. The van der Waals surface area contributed by atoms with Gasteiger partial charge in [0.2, 0.25) is 0 Å². The van der Waals surface area contributed by atoms with Gasteiger partial charge in [-0.1, -0.05) is 65.1 Å². The van der Waals surface area contributed by atoms with E-state index < -0.39 is 11.7 Å². The molecule has 0 bridgehead atoms. The van der Waals surface area contributed by atoms with Gasteiger partial charge in [-0.2, -0.15) is 18.3 Å². The molecule has 29 heavy (non-hydrogen) atoms. The maximum Gasteiger partial charge on any atom is 0.418 e. The second-order valence-corrected chi connectivity index (χ2v) is 7.72. The standard InChI is InChI=1S/C21H12Cl3F3N2/c22-14-4-1-3-13(10-14)20-15-5-2-6-16(21(25,26)27)19(15)28-29(20)11-12-7-8-17(23)18(24)9-12/h1-10H,11H2. The number of benzene rings is 3. The van der Waals surface area contributed by atoms with E-state index in [2.05, 4.69) is 5.10 Å². The topological polar surface area (TPSA) is 17.8 Å². The highest BCUT2D eigenvalue weighted by Crippen LogP contribution is 2.38. The van der Waals surface area contributed by atoms with Crippen LogP contribution in [0.25, 0.3) is 22.2 Å². The summed E-state index contributed by atoms with van der Waals surface area (Å²) < 4.78 is 42.2. The molecule has 0 spiro atoms. The fourth-order valence-corrected chi connectivity index (χ4v) is 3.76. The summed E-state index contributed by atoms with van der Waals surface area (Å²) in [5.74, 6) is 0.